The zero-order valence-corrected chi connectivity index (χ0v) is 37.6. The van der Waals surface area contributed by atoms with Crippen LogP contribution in [0, 0.1) is 0 Å². The van der Waals surface area contributed by atoms with Crippen molar-refractivity contribution in [1.29, 1.82) is 0 Å². The van der Waals surface area contributed by atoms with E-state index in [0.29, 0.717) is 17.5 Å². The quantitative estimate of drug-likeness (QED) is 0.143. The number of anilines is 3. The predicted octanol–water partition coefficient (Wildman–Crippen LogP) is 16.6. The molecule has 66 heavy (non-hydrogen) atoms. The van der Waals surface area contributed by atoms with Crippen LogP contribution in [0.15, 0.2) is 224 Å². The Bertz CT molecular complexity index is 3380. The minimum absolute atomic E-state index is 0.617. The van der Waals surface area contributed by atoms with Crippen molar-refractivity contribution in [3.63, 3.8) is 0 Å². The average Bonchev–Trinajstić information content (AvgIpc) is 3.68. The first kappa shape index (κ1) is 41.6. The van der Waals surface area contributed by atoms with Crippen LogP contribution in [0.2, 0.25) is 0 Å². The molecule has 0 bridgehead atoms. The molecule has 0 fully saturated rings. The number of hydrogen-bond acceptors (Lipinski definition) is 4. The van der Waals surface area contributed by atoms with Crippen molar-refractivity contribution in [2.45, 2.75) is 27.7 Å². The smallest absolute Gasteiger partial charge is 0.164 e. The second-order valence-corrected chi connectivity index (χ2v) is 15.9. The van der Waals surface area contributed by atoms with E-state index in [2.05, 4.69) is 211 Å². The van der Waals surface area contributed by atoms with Gasteiger partial charge in [-0.1, -0.05) is 184 Å². The van der Waals surface area contributed by atoms with Gasteiger partial charge in [0.05, 0.1) is 22.6 Å². The molecule has 10 aromatic rings. The SMILES string of the molecule is C/C=C\C(=C/C)c1ccc(-c2nc(-c3ccccc3)nc(-c3cccc(-c4ccc5c(c4)-c4c(n(-c6ccccc6)c6ccccc46)-c4ccccc4N5c4ccccc4)c3)n2)cc1.CC. The maximum Gasteiger partial charge on any atom is 0.164 e. The Labute approximate surface area is 387 Å². The number of nitrogens with zero attached hydrogens (tertiary/aromatic N) is 5. The Morgan fingerprint density at radius 1 is 0.439 bits per heavy atom. The van der Waals surface area contributed by atoms with E-state index in [-0.39, 0.29) is 0 Å². The molecule has 0 unspecified atom stereocenters. The standard InChI is InChI=1S/C59H43N5.C2H6/c1-3-19-40(4-2)41-32-34-43(35-33-41)58-60-57(42-20-8-5-9-21-42)61-59(62-58)46-23-18-22-44(38-46)45-36-37-54-51(39-45)55-49-28-14-16-30-52(49)64(48-26-12-7-13-27-48)56(55)50-29-15-17-31-53(50)63(54)47-24-10-6-11-25-47;1-2/h3-39H,1-2H3;1-2H3/b19-3-,40-4+;. The number of aromatic nitrogens is 4. The Balaban J connectivity index is 0.00000252. The van der Waals surface area contributed by atoms with Crippen LogP contribution in [-0.2, 0) is 0 Å². The lowest BCUT2D eigenvalue weighted by molar-refractivity contribution is 1.07. The fourth-order valence-corrected chi connectivity index (χ4v) is 9.12. The van der Waals surface area contributed by atoms with E-state index in [9.17, 15) is 0 Å². The molecule has 3 heterocycles. The van der Waals surface area contributed by atoms with E-state index in [0.717, 1.165) is 78.5 Å². The predicted molar refractivity (Wildman–Crippen MR) is 277 cm³/mol. The lowest BCUT2D eigenvalue weighted by Gasteiger charge is -2.28. The summed E-state index contributed by atoms with van der Waals surface area (Å²) in [5.74, 6) is 1.87. The van der Waals surface area contributed by atoms with Crippen molar-refractivity contribution in [3.8, 4) is 73.4 Å². The normalized spacial score (nSPS) is 11.9. The third-order valence-corrected chi connectivity index (χ3v) is 12.1. The maximum atomic E-state index is 5.15. The van der Waals surface area contributed by atoms with Gasteiger partial charge in [-0.05, 0) is 90.7 Å². The molecular formula is C61H49N5. The van der Waals surface area contributed by atoms with Gasteiger partial charge in [0.2, 0.25) is 0 Å². The minimum Gasteiger partial charge on any atom is -0.309 e. The summed E-state index contributed by atoms with van der Waals surface area (Å²) < 4.78 is 2.44. The highest BCUT2D eigenvalue weighted by molar-refractivity contribution is 6.13. The fraction of sp³-hybridized carbons (Fsp3) is 0.0656. The van der Waals surface area contributed by atoms with E-state index in [1.165, 1.54) is 16.5 Å². The highest BCUT2D eigenvalue weighted by Gasteiger charge is 2.31. The second kappa shape index (κ2) is 18.4. The molecular weight excluding hydrogens is 803 g/mol. The van der Waals surface area contributed by atoms with Gasteiger partial charge < -0.3 is 9.47 Å². The largest absolute Gasteiger partial charge is 0.309 e. The Hall–Kier alpha value is -8.41. The lowest BCUT2D eigenvalue weighted by atomic mass is 9.94. The zero-order valence-electron chi connectivity index (χ0n) is 37.6. The Morgan fingerprint density at radius 2 is 0.970 bits per heavy atom. The third kappa shape index (κ3) is 7.61. The molecule has 0 atom stereocenters. The van der Waals surface area contributed by atoms with Crippen molar-refractivity contribution in [1.82, 2.24) is 19.5 Å². The summed E-state index contributed by atoms with van der Waals surface area (Å²) >= 11 is 0. The number of allylic oxidation sites excluding steroid dienone is 4. The monoisotopic (exact) mass is 851 g/mol. The zero-order chi connectivity index (χ0) is 45.0. The van der Waals surface area contributed by atoms with Crippen molar-refractivity contribution < 1.29 is 0 Å². The van der Waals surface area contributed by atoms with E-state index in [1.54, 1.807) is 0 Å². The first-order valence-corrected chi connectivity index (χ1v) is 22.8. The molecule has 0 radical (unpaired) electrons. The summed E-state index contributed by atoms with van der Waals surface area (Å²) in [6, 6.07) is 73.2. The van der Waals surface area contributed by atoms with Gasteiger partial charge in [-0.15, -0.1) is 0 Å². The molecule has 5 nitrogen and oxygen atoms in total. The van der Waals surface area contributed by atoms with E-state index in [4.69, 9.17) is 15.0 Å². The van der Waals surface area contributed by atoms with Crippen LogP contribution in [0.25, 0.3) is 89.8 Å². The molecule has 11 rings (SSSR count). The van der Waals surface area contributed by atoms with Crippen molar-refractivity contribution in [2.24, 2.45) is 0 Å². The summed E-state index contributed by atoms with van der Waals surface area (Å²) in [6.45, 7) is 8.10. The highest BCUT2D eigenvalue weighted by atomic mass is 15.2. The number of rotatable bonds is 8. The number of fused-ring (bicyclic) bond motifs is 7. The Kier molecular flexibility index (Phi) is 11.6. The maximum absolute atomic E-state index is 5.15. The van der Waals surface area contributed by atoms with Gasteiger partial charge in [0.25, 0.3) is 0 Å². The average molecular weight is 852 g/mol. The molecule has 318 valence electrons. The molecule has 8 aromatic carbocycles. The highest BCUT2D eigenvalue weighted by Crippen LogP contribution is 2.55. The van der Waals surface area contributed by atoms with Crippen LogP contribution < -0.4 is 4.90 Å². The van der Waals surface area contributed by atoms with Gasteiger partial charge in [-0.3, -0.25) is 0 Å². The van der Waals surface area contributed by atoms with E-state index < -0.39 is 0 Å². The molecule has 5 heteroatoms. The van der Waals surface area contributed by atoms with Crippen molar-refractivity contribution in [2.75, 3.05) is 4.90 Å². The summed E-state index contributed by atoms with van der Waals surface area (Å²) in [5.41, 5.74) is 17.5. The van der Waals surface area contributed by atoms with Crippen LogP contribution in [-0.4, -0.2) is 19.5 Å². The summed E-state index contributed by atoms with van der Waals surface area (Å²) in [5, 5.41) is 1.20. The Morgan fingerprint density at radius 3 is 1.67 bits per heavy atom. The van der Waals surface area contributed by atoms with Gasteiger partial charge in [0.1, 0.15) is 0 Å². The third-order valence-electron chi connectivity index (χ3n) is 12.1. The topological polar surface area (TPSA) is 46.8 Å². The molecule has 0 saturated carbocycles. The molecule has 0 N–H and O–H groups in total. The van der Waals surface area contributed by atoms with Gasteiger partial charge in [0, 0.05) is 50.1 Å². The van der Waals surface area contributed by atoms with Crippen LogP contribution >= 0.6 is 0 Å². The van der Waals surface area contributed by atoms with Gasteiger partial charge in [0.15, 0.2) is 17.5 Å². The number of para-hydroxylation sites is 4. The van der Waals surface area contributed by atoms with Crippen LogP contribution in [0.4, 0.5) is 17.1 Å². The first-order chi connectivity index (χ1) is 32.7. The molecule has 0 saturated heterocycles. The molecule has 2 aromatic heterocycles. The van der Waals surface area contributed by atoms with E-state index >= 15 is 0 Å². The molecule has 0 aliphatic carbocycles. The van der Waals surface area contributed by atoms with Gasteiger partial charge in [-0.25, -0.2) is 15.0 Å². The molecule has 1 aliphatic heterocycles. The summed E-state index contributed by atoms with van der Waals surface area (Å²) in [4.78, 5) is 17.7. The van der Waals surface area contributed by atoms with Gasteiger partial charge >= 0.3 is 0 Å². The number of benzene rings is 8. The second-order valence-electron chi connectivity index (χ2n) is 15.9. The van der Waals surface area contributed by atoms with Crippen LogP contribution in [0.3, 0.4) is 0 Å². The minimum atomic E-state index is 0.617. The fourth-order valence-electron chi connectivity index (χ4n) is 9.12. The summed E-state index contributed by atoms with van der Waals surface area (Å²) in [7, 11) is 0. The molecule has 1 aliphatic rings. The van der Waals surface area contributed by atoms with Gasteiger partial charge in [-0.2, -0.15) is 0 Å². The summed E-state index contributed by atoms with van der Waals surface area (Å²) in [6.07, 6.45) is 6.31. The van der Waals surface area contributed by atoms with Crippen LogP contribution in [0.5, 0.6) is 0 Å². The molecule has 0 amide bonds. The molecule has 0 spiro atoms. The van der Waals surface area contributed by atoms with Crippen molar-refractivity contribution in [3.05, 3.63) is 230 Å². The van der Waals surface area contributed by atoms with Crippen molar-refractivity contribution >= 4 is 33.5 Å². The van der Waals surface area contributed by atoms with E-state index in [1.807, 2.05) is 51.1 Å². The first-order valence-electron chi connectivity index (χ1n) is 22.8. The lowest BCUT2D eigenvalue weighted by Crippen LogP contribution is -2.11. The number of hydrogen-bond donors (Lipinski definition) is 0. The van der Waals surface area contributed by atoms with Crippen LogP contribution in [0.1, 0.15) is 33.3 Å².